The van der Waals surface area contributed by atoms with Crippen molar-refractivity contribution in [3.05, 3.63) is 0 Å². The van der Waals surface area contributed by atoms with E-state index in [0.717, 1.165) is 45.3 Å². The van der Waals surface area contributed by atoms with E-state index in [2.05, 4.69) is 19.2 Å². The normalized spacial score (nSPS) is 37.9. The minimum absolute atomic E-state index is 0.0719. The van der Waals surface area contributed by atoms with Gasteiger partial charge in [0.1, 0.15) is 5.54 Å². The van der Waals surface area contributed by atoms with Crippen LogP contribution in [0, 0.1) is 11.8 Å². The first-order valence-electron chi connectivity index (χ1n) is 8.12. The van der Waals surface area contributed by atoms with E-state index < -0.39 is 5.54 Å². The number of rotatable bonds is 5. The monoisotopic (exact) mass is 283 g/mol. The summed E-state index contributed by atoms with van der Waals surface area (Å²) in [5.74, 6) is 0.932. The first kappa shape index (κ1) is 15.8. The van der Waals surface area contributed by atoms with Gasteiger partial charge in [0.05, 0.1) is 12.7 Å². The zero-order valence-corrected chi connectivity index (χ0v) is 13.1. The summed E-state index contributed by atoms with van der Waals surface area (Å²) in [6.45, 7) is 8.38. The first-order chi connectivity index (χ1) is 9.58. The molecule has 1 heterocycles. The highest BCUT2D eigenvalue weighted by Crippen LogP contribution is 2.38. The number of hydrogen-bond donors (Lipinski definition) is 1. The second-order valence-electron chi connectivity index (χ2n) is 6.49. The lowest BCUT2D eigenvalue weighted by atomic mass is 9.69. The van der Waals surface area contributed by atoms with Crippen LogP contribution in [0.5, 0.6) is 0 Å². The van der Waals surface area contributed by atoms with Crippen molar-refractivity contribution in [3.8, 4) is 0 Å². The number of hydrogen-bond acceptors (Lipinski definition) is 4. The van der Waals surface area contributed by atoms with Crippen LogP contribution >= 0.6 is 0 Å². The highest BCUT2D eigenvalue weighted by atomic mass is 16.5. The van der Waals surface area contributed by atoms with Gasteiger partial charge in [-0.25, -0.2) is 0 Å². The second kappa shape index (κ2) is 6.90. The van der Waals surface area contributed by atoms with Crippen molar-refractivity contribution < 1.29 is 14.3 Å². The quantitative estimate of drug-likeness (QED) is 0.788. The van der Waals surface area contributed by atoms with E-state index in [4.69, 9.17) is 9.47 Å². The first-order valence-corrected chi connectivity index (χ1v) is 8.12. The van der Waals surface area contributed by atoms with E-state index >= 15 is 0 Å². The molecule has 116 valence electrons. The lowest BCUT2D eigenvalue weighted by molar-refractivity contribution is -0.156. The van der Waals surface area contributed by atoms with Gasteiger partial charge >= 0.3 is 5.97 Å². The molecule has 4 unspecified atom stereocenters. The fourth-order valence-electron chi connectivity index (χ4n) is 3.64. The van der Waals surface area contributed by atoms with Crippen LogP contribution in [0.25, 0.3) is 0 Å². The highest BCUT2D eigenvalue weighted by Gasteiger charge is 2.47. The molecular weight excluding hydrogens is 254 g/mol. The molecule has 1 aliphatic carbocycles. The average Bonchev–Trinajstić information content (AvgIpc) is 2.92. The molecule has 20 heavy (non-hydrogen) atoms. The lowest BCUT2D eigenvalue weighted by Gasteiger charge is -2.43. The van der Waals surface area contributed by atoms with Crippen molar-refractivity contribution >= 4 is 5.97 Å². The van der Waals surface area contributed by atoms with Gasteiger partial charge in [0.15, 0.2) is 0 Å². The number of ether oxygens (including phenoxy) is 2. The number of esters is 1. The summed E-state index contributed by atoms with van der Waals surface area (Å²) < 4.78 is 11.0. The van der Waals surface area contributed by atoms with Crippen LogP contribution in [0.4, 0.5) is 0 Å². The maximum Gasteiger partial charge on any atom is 0.326 e. The van der Waals surface area contributed by atoms with Gasteiger partial charge in [-0.2, -0.15) is 0 Å². The summed E-state index contributed by atoms with van der Waals surface area (Å²) in [7, 11) is 0. The molecule has 0 amide bonds. The molecule has 2 rings (SSSR count). The molecular formula is C16H29NO3. The topological polar surface area (TPSA) is 47.6 Å². The van der Waals surface area contributed by atoms with Gasteiger partial charge in [0.2, 0.25) is 0 Å². The van der Waals surface area contributed by atoms with E-state index in [1.54, 1.807) is 0 Å². The van der Waals surface area contributed by atoms with Crippen molar-refractivity contribution in [1.82, 2.24) is 5.32 Å². The van der Waals surface area contributed by atoms with E-state index in [1.807, 2.05) is 6.92 Å². The zero-order valence-electron chi connectivity index (χ0n) is 13.1. The van der Waals surface area contributed by atoms with Gasteiger partial charge in [-0.1, -0.05) is 13.8 Å². The van der Waals surface area contributed by atoms with Crippen molar-refractivity contribution in [2.75, 3.05) is 19.8 Å². The fraction of sp³-hybridized carbons (Fsp3) is 0.938. The third-order valence-electron chi connectivity index (χ3n) is 4.94. The minimum Gasteiger partial charge on any atom is -0.465 e. The molecule has 1 N–H and O–H groups in total. The molecule has 0 spiro atoms. The average molecular weight is 283 g/mol. The van der Waals surface area contributed by atoms with Crippen LogP contribution in [0.15, 0.2) is 0 Å². The molecule has 1 saturated heterocycles. The predicted octanol–water partition coefficient (Wildman–Crippen LogP) is 2.51. The smallest absolute Gasteiger partial charge is 0.326 e. The molecule has 0 bridgehead atoms. The summed E-state index contributed by atoms with van der Waals surface area (Å²) in [6.07, 6.45) is 5.52. The molecule has 0 aromatic rings. The summed E-state index contributed by atoms with van der Waals surface area (Å²) >= 11 is 0. The summed E-state index contributed by atoms with van der Waals surface area (Å²) in [6, 6.07) is 0. The molecule has 0 aromatic heterocycles. The highest BCUT2D eigenvalue weighted by molar-refractivity contribution is 5.81. The Morgan fingerprint density at radius 1 is 1.40 bits per heavy atom. The van der Waals surface area contributed by atoms with Gasteiger partial charge in [0.25, 0.3) is 0 Å². The molecule has 1 aliphatic heterocycles. The Bertz CT molecular complexity index is 328. The van der Waals surface area contributed by atoms with Gasteiger partial charge in [-0.3, -0.25) is 10.1 Å². The predicted molar refractivity (Wildman–Crippen MR) is 78.5 cm³/mol. The summed E-state index contributed by atoms with van der Waals surface area (Å²) in [5, 5.41) is 3.53. The standard InChI is InChI=1S/C16H29NO3/c1-4-19-15(18)16(8-7-12(2)10-13(16)3)17-11-14-6-5-9-20-14/h12-14,17H,4-11H2,1-3H3. The zero-order chi connectivity index (χ0) is 14.6. The molecule has 4 heteroatoms. The molecule has 1 saturated carbocycles. The second-order valence-corrected chi connectivity index (χ2v) is 6.49. The van der Waals surface area contributed by atoms with Crippen LogP contribution < -0.4 is 5.32 Å². The molecule has 4 nitrogen and oxygen atoms in total. The molecule has 2 aliphatic rings. The Morgan fingerprint density at radius 3 is 2.80 bits per heavy atom. The minimum atomic E-state index is -0.505. The Kier molecular flexibility index (Phi) is 5.44. The molecule has 0 radical (unpaired) electrons. The summed E-state index contributed by atoms with van der Waals surface area (Å²) in [5.41, 5.74) is -0.505. The van der Waals surface area contributed by atoms with Crippen LogP contribution in [0.1, 0.15) is 52.9 Å². The number of carbonyl (C=O) groups excluding carboxylic acids is 1. The Labute approximate surface area is 122 Å². The molecule has 0 aromatic carbocycles. The SMILES string of the molecule is CCOC(=O)C1(NCC2CCCO2)CCC(C)CC1C. The number of carbonyl (C=O) groups is 1. The third kappa shape index (κ3) is 3.34. The van der Waals surface area contributed by atoms with Crippen LogP contribution in [-0.4, -0.2) is 37.4 Å². The lowest BCUT2D eigenvalue weighted by Crippen LogP contribution is -2.60. The maximum absolute atomic E-state index is 12.5. The van der Waals surface area contributed by atoms with Crippen molar-refractivity contribution in [2.24, 2.45) is 11.8 Å². The van der Waals surface area contributed by atoms with Crippen molar-refractivity contribution in [3.63, 3.8) is 0 Å². The van der Waals surface area contributed by atoms with E-state index in [-0.39, 0.29) is 12.1 Å². The van der Waals surface area contributed by atoms with Crippen molar-refractivity contribution in [2.45, 2.75) is 64.5 Å². The summed E-state index contributed by atoms with van der Waals surface area (Å²) in [4.78, 5) is 12.5. The Hall–Kier alpha value is -0.610. The van der Waals surface area contributed by atoms with E-state index in [0.29, 0.717) is 18.4 Å². The Balaban J connectivity index is 2.04. The van der Waals surface area contributed by atoms with Gasteiger partial charge < -0.3 is 9.47 Å². The largest absolute Gasteiger partial charge is 0.465 e. The van der Waals surface area contributed by atoms with Gasteiger partial charge in [0, 0.05) is 13.2 Å². The number of nitrogens with one attached hydrogen (secondary N) is 1. The van der Waals surface area contributed by atoms with E-state index in [9.17, 15) is 4.79 Å². The fourth-order valence-corrected chi connectivity index (χ4v) is 3.64. The van der Waals surface area contributed by atoms with Gasteiger partial charge in [-0.15, -0.1) is 0 Å². The van der Waals surface area contributed by atoms with Crippen molar-refractivity contribution in [1.29, 1.82) is 0 Å². The molecule has 4 atom stereocenters. The van der Waals surface area contributed by atoms with Crippen LogP contribution in [-0.2, 0) is 14.3 Å². The van der Waals surface area contributed by atoms with Gasteiger partial charge in [-0.05, 0) is 50.9 Å². The van der Waals surface area contributed by atoms with Crippen LogP contribution in [0.2, 0.25) is 0 Å². The third-order valence-corrected chi connectivity index (χ3v) is 4.94. The van der Waals surface area contributed by atoms with Crippen LogP contribution in [0.3, 0.4) is 0 Å². The van der Waals surface area contributed by atoms with E-state index in [1.165, 1.54) is 0 Å². The maximum atomic E-state index is 12.5. The molecule has 2 fully saturated rings. The Morgan fingerprint density at radius 2 is 2.20 bits per heavy atom.